The molecule has 5 atom stereocenters. The molecule has 0 saturated carbocycles. The van der Waals surface area contributed by atoms with Gasteiger partial charge in [-0.05, 0) is 67.1 Å². The maximum absolute atomic E-state index is 11.6. The fourth-order valence-electron chi connectivity index (χ4n) is 6.90. The fraction of sp³-hybridized carbons (Fsp3) is 0.321. The van der Waals surface area contributed by atoms with Crippen LogP contribution in [0.2, 0.25) is 0 Å². The van der Waals surface area contributed by atoms with Gasteiger partial charge in [0.1, 0.15) is 5.75 Å². The van der Waals surface area contributed by atoms with Crippen LogP contribution in [0.1, 0.15) is 29.5 Å². The van der Waals surface area contributed by atoms with Gasteiger partial charge in [-0.2, -0.15) is 0 Å². The number of piperidine rings is 3. The molecule has 3 aromatic rings. The van der Waals surface area contributed by atoms with Crippen molar-refractivity contribution in [2.24, 2.45) is 17.6 Å². The molecule has 4 bridgehead atoms. The summed E-state index contributed by atoms with van der Waals surface area (Å²) in [6.45, 7) is 5.81. The number of nitrogens with two attached hydrogens (primary N) is 1. The highest BCUT2D eigenvalue weighted by molar-refractivity contribution is 5.87. The van der Waals surface area contributed by atoms with E-state index in [4.69, 9.17) is 25.4 Å². The Morgan fingerprint density at radius 1 is 1.25 bits per heavy atom. The van der Waals surface area contributed by atoms with Gasteiger partial charge in [0.05, 0.1) is 18.2 Å². The fourth-order valence-corrected chi connectivity index (χ4v) is 6.90. The Kier molecular flexibility index (Phi) is 5.05. The van der Waals surface area contributed by atoms with Crippen molar-refractivity contribution in [1.82, 2.24) is 9.88 Å². The molecule has 36 heavy (non-hydrogen) atoms. The molecular weight excluding hydrogens is 456 g/mol. The zero-order chi connectivity index (χ0) is 25.1. The first-order valence-corrected chi connectivity index (χ1v) is 12.1. The molecule has 1 unspecified atom stereocenters. The Bertz CT molecular complexity index is 1410. The number of hydrogen-bond donors (Lipinski definition) is 2. The van der Waals surface area contributed by atoms with Gasteiger partial charge >= 0.3 is 12.2 Å². The van der Waals surface area contributed by atoms with Crippen LogP contribution < -0.4 is 10.5 Å². The third-order valence-corrected chi connectivity index (χ3v) is 8.30. The number of benzene rings is 2. The predicted octanol–water partition coefficient (Wildman–Crippen LogP) is 4.27. The van der Waals surface area contributed by atoms with Crippen LogP contribution >= 0.6 is 0 Å². The molecule has 3 aliphatic heterocycles. The smallest absolute Gasteiger partial charge is 0.413 e. The van der Waals surface area contributed by atoms with Crippen molar-refractivity contribution in [2.75, 3.05) is 20.2 Å². The molecule has 8 nitrogen and oxygen atoms in total. The Labute approximate surface area is 209 Å². The minimum absolute atomic E-state index is 0.372. The van der Waals surface area contributed by atoms with Gasteiger partial charge < -0.3 is 19.9 Å². The van der Waals surface area contributed by atoms with E-state index in [1.807, 2.05) is 36.4 Å². The highest BCUT2D eigenvalue weighted by Gasteiger charge is 2.68. The van der Waals surface area contributed by atoms with Crippen molar-refractivity contribution < 1.29 is 19.0 Å². The summed E-state index contributed by atoms with van der Waals surface area (Å²) in [5, 5.41) is 9.36. The number of nitrogens with one attached hydrogen (secondary N) is 1. The van der Waals surface area contributed by atoms with Gasteiger partial charge in [-0.1, -0.05) is 24.3 Å². The molecule has 2 aromatic carbocycles. The number of aromatic nitrogens is 1. The number of rotatable bonds is 4. The standard InChI is InChI=1S/C28H28N4O4/c1-3-17-16-32-12-10-18(17)15-27(32)19-5-4-6-20(13-19)28(27,36-26(30)35-25(29)33)23-9-11-31-24-8-7-21(34-2)14-22(23)24/h3-9,11,13-14,17-18,30H,1,10,12,15-16H2,2H3,(H2,29,33)/t17-,18-,27+,28+/m0/s1. The van der Waals surface area contributed by atoms with E-state index in [1.54, 1.807) is 13.3 Å². The molecule has 1 spiro atoms. The van der Waals surface area contributed by atoms with Crippen molar-refractivity contribution >= 4 is 23.1 Å². The number of amides is 1. The van der Waals surface area contributed by atoms with Gasteiger partial charge in [0.15, 0.2) is 5.60 Å². The van der Waals surface area contributed by atoms with Crippen LogP contribution in [-0.4, -0.2) is 42.3 Å². The van der Waals surface area contributed by atoms with E-state index in [2.05, 4.69) is 34.7 Å². The van der Waals surface area contributed by atoms with Crippen LogP contribution in [-0.2, 0) is 20.6 Å². The number of pyridine rings is 1. The van der Waals surface area contributed by atoms with E-state index in [1.165, 1.54) is 0 Å². The second kappa shape index (κ2) is 8.06. The highest BCUT2D eigenvalue weighted by atomic mass is 16.7. The van der Waals surface area contributed by atoms with E-state index in [9.17, 15) is 4.79 Å². The molecule has 3 N–H and O–H groups in total. The molecule has 1 aliphatic carbocycles. The number of carbonyl (C=O) groups excluding carboxylic acids is 1. The van der Waals surface area contributed by atoms with Crippen molar-refractivity contribution in [3.05, 3.63) is 84.1 Å². The van der Waals surface area contributed by atoms with Crippen LogP contribution in [0.3, 0.4) is 0 Å². The predicted molar refractivity (Wildman–Crippen MR) is 135 cm³/mol. The number of nitrogens with zero attached hydrogens (tertiary/aromatic N) is 2. The zero-order valence-corrected chi connectivity index (χ0v) is 20.1. The molecule has 3 saturated heterocycles. The second-order valence-electron chi connectivity index (χ2n) is 9.77. The van der Waals surface area contributed by atoms with E-state index < -0.39 is 23.3 Å². The summed E-state index contributed by atoms with van der Waals surface area (Å²) in [5.74, 6) is 1.46. The first kappa shape index (κ1) is 22.5. The normalized spacial score (nSPS) is 29.8. The van der Waals surface area contributed by atoms with Crippen molar-refractivity contribution in [3.63, 3.8) is 0 Å². The number of primary amides is 1. The molecule has 0 radical (unpaired) electrons. The van der Waals surface area contributed by atoms with Crippen LogP contribution in [0, 0.1) is 17.2 Å². The average Bonchev–Trinajstić information content (AvgIpc) is 3.06. The first-order valence-electron chi connectivity index (χ1n) is 12.1. The van der Waals surface area contributed by atoms with Crippen LogP contribution in [0.25, 0.3) is 10.9 Å². The number of methoxy groups -OCH3 is 1. The summed E-state index contributed by atoms with van der Waals surface area (Å²) in [5.41, 5.74) is 7.07. The summed E-state index contributed by atoms with van der Waals surface area (Å²) in [6.07, 6.45) is 3.94. The van der Waals surface area contributed by atoms with Crippen molar-refractivity contribution in [2.45, 2.75) is 24.0 Å². The topological polar surface area (TPSA) is 111 Å². The number of fused-ring (bicyclic) bond motifs is 5. The Morgan fingerprint density at radius 2 is 2.08 bits per heavy atom. The molecule has 8 heteroatoms. The monoisotopic (exact) mass is 484 g/mol. The molecule has 184 valence electrons. The maximum Gasteiger partial charge on any atom is 0.413 e. The quantitative estimate of drug-likeness (QED) is 0.325. The van der Waals surface area contributed by atoms with Crippen LogP contribution in [0.15, 0.2) is 67.4 Å². The third kappa shape index (κ3) is 2.94. The lowest BCUT2D eigenvalue weighted by Gasteiger charge is -2.61. The van der Waals surface area contributed by atoms with Gasteiger partial charge in [0.2, 0.25) is 0 Å². The summed E-state index contributed by atoms with van der Waals surface area (Å²) in [7, 11) is 1.63. The molecule has 1 amide bonds. The summed E-state index contributed by atoms with van der Waals surface area (Å²) < 4.78 is 17.1. The third-order valence-electron chi connectivity index (χ3n) is 8.30. The van der Waals surface area contributed by atoms with E-state index in [-0.39, 0.29) is 0 Å². The number of carbonyl (C=O) groups is 1. The van der Waals surface area contributed by atoms with Crippen LogP contribution in [0.5, 0.6) is 5.75 Å². The SMILES string of the molecule is C=C[C@H]1CN2CC[C@H]1C[C@]21c2cccc(c2)[C@@]1(OC(=N)OC(N)=O)c1ccnc2ccc(OC)cc12. The Hall–Kier alpha value is -3.91. The Morgan fingerprint density at radius 3 is 2.81 bits per heavy atom. The zero-order valence-electron chi connectivity index (χ0n) is 20.1. The Balaban J connectivity index is 1.66. The van der Waals surface area contributed by atoms with E-state index in [0.717, 1.165) is 53.5 Å². The molecular formula is C28H28N4O4. The highest BCUT2D eigenvalue weighted by Crippen LogP contribution is 2.64. The molecule has 4 heterocycles. The lowest BCUT2D eigenvalue weighted by Crippen LogP contribution is -2.67. The average molecular weight is 485 g/mol. The summed E-state index contributed by atoms with van der Waals surface area (Å²) >= 11 is 0. The van der Waals surface area contributed by atoms with Gasteiger partial charge in [-0.15, -0.1) is 6.58 Å². The van der Waals surface area contributed by atoms with Gasteiger partial charge in [0, 0.05) is 29.3 Å². The summed E-state index contributed by atoms with van der Waals surface area (Å²) in [6, 6.07) is 16.0. The molecule has 7 rings (SSSR count). The lowest BCUT2D eigenvalue weighted by molar-refractivity contribution is -0.157. The number of ether oxygens (including phenoxy) is 3. The van der Waals surface area contributed by atoms with Gasteiger partial charge in [0.25, 0.3) is 0 Å². The lowest BCUT2D eigenvalue weighted by atomic mass is 9.60. The molecule has 3 fully saturated rings. The van der Waals surface area contributed by atoms with Crippen molar-refractivity contribution in [3.8, 4) is 5.75 Å². The largest absolute Gasteiger partial charge is 0.497 e. The number of hydrogen-bond acceptors (Lipinski definition) is 7. The van der Waals surface area contributed by atoms with Gasteiger partial charge in [-0.25, -0.2) is 10.2 Å². The molecule has 1 aromatic heterocycles. The second-order valence-corrected chi connectivity index (χ2v) is 9.77. The van der Waals surface area contributed by atoms with Gasteiger partial charge in [-0.3, -0.25) is 9.88 Å². The first-order chi connectivity index (χ1) is 17.4. The minimum atomic E-state index is -1.18. The van der Waals surface area contributed by atoms with Crippen LogP contribution in [0.4, 0.5) is 4.79 Å². The van der Waals surface area contributed by atoms with Crippen molar-refractivity contribution in [1.29, 1.82) is 5.41 Å². The minimum Gasteiger partial charge on any atom is -0.497 e. The maximum atomic E-state index is 11.6. The summed E-state index contributed by atoms with van der Waals surface area (Å²) in [4.78, 5) is 18.7. The van der Waals surface area contributed by atoms with E-state index in [0.29, 0.717) is 17.6 Å². The van der Waals surface area contributed by atoms with E-state index >= 15 is 0 Å². The molecule has 4 aliphatic rings.